The molecule has 1 saturated heterocycles. The normalized spacial score (nSPS) is 15.1. The highest BCUT2D eigenvalue weighted by molar-refractivity contribution is 7.89. The average molecular weight is 475 g/mol. The van der Waals surface area contributed by atoms with Gasteiger partial charge in [-0.1, -0.05) is 36.4 Å². The number of carbonyl (C=O) groups excluding carboxylic acids is 2. The summed E-state index contributed by atoms with van der Waals surface area (Å²) < 4.78 is 32.4. The lowest BCUT2D eigenvalue weighted by molar-refractivity contribution is -0.116. The maximum atomic E-state index is 12.9. The lowest BCUT2D eigenvalue weighted by Gasteiger charge is -2.31. The fourth-order valence-electron chi connectivity index (χ4n) is 3.35. The molecular formula is C23H30N4O5S. The molecule has 0 aliphatic carbocycles. The van der Waals surface area contributed by atoms with Crippen LogP contribution in [-0.4, -0.2) is 69.4 Å². The number of hydrogen-bond acceptors (Lipinski definition) is 6. The second kappa shape index (κ2) is 11.8. The summed E-state index contributed by atoms with van der Waals surface area (Å²) in [7, 11) is -1.64. The molecule has 1 aliphatic rings. The van der Waals surface area contributed by atoms with Gasteiger partial charge in [-0.25, -0.2) is 13.2 Å². The third kappa shape index (κ3) is 7.55. The highest BCUT2D eigenvalue weighted by Gasteiger charge is 2.27. The number of nitrogens with zero attached hydrogens (tertiary/aromatic N) is 2. The molecule has 2 aromatic rings. The van der Waals surface area contributed by atoms with Gasteiger partial charge in [0.15, 0.2) is 0 Å². The van der Waals surface area contributed by atoms with Gasteiger partial charge in [0.2, 0.25) is 15.9 Å². The van der Waals surface area contributed by atoms with Crippen LogP contribution in [0.15, 0.2) is 59.5 Å². The van der Waals surface area contributed by atoms with Crippen molar-refractivity contribution in [3.05, 3.63) is 60.2 Å². The van der Waals surface area contributed by atoms with Crippen LogP contribution < -0.4 is 10.6 Å². The molecule has 0 bridgehead atoms. The first-order valence-corrected chi connectivity index (χ1v) is 12.3. The van der Waals surface area contributed by atoms with E-state index in [0.29, 0.717) is 44.8 Å². The quantitative estimate of drug-likeness (QED) is 0.540. The van der Waals surface area contributed by atoms with E-state index in [1.54, 1.807) is 12.1 Å². The van der Waals surface area contributed by atoms with Crippen molar-refractivity contribution >= 4 is 27.7 Å². The van der Waals surface area contributed by atoms with Gasteiger partial charge >= 0.3 is 6.09 Å². The molecular weight excluding hydrogens is 444 g/mol. The summed E-state index contributed by atoms with van der Waals surface area (Å²) in [6.45, 7) is 2.72. The van der Waals surface area contributed by atoms with E-state index >= 15 is 0 Å². The Morgan fingerprint density at radius 1 is 1.00 bits per heavy atom. The Morgan fingerprint density at radius 3 is 2.45 bits per heavy atom. The van der Waals surface area contributed by atoms with Crippen molar-refractivity contribution in [2.75, 3.05) is 45.1 Å². The number of ether oxygens (including phenoxy) is 1. The van der Waals surface area contributed by atoms with Crippen LogP contribution in [0.1, 0.15) is 18.4 Å². The van der Waals surface area contributed by atoms with Crippen LogP contribution in [0, 0.1) is 0 Å². The number of hydrogen-bond donors (Lipinski definition) is 2. The third-order valence-corrected chi connectivity index (χ3v) is 7.18. The zero-order valence-corrected chi connectivity index (χ0v) is 19.5. The van der Waals surface area contributed by atoms with Crippen LogP contribution in [-0.2, 0) is 26.2 Å². The molecule has 10 heteroatoms. The number of sulfonamides is 1. The van der Waals surface area contributed by atoms with E-state index in [0.717, 1.165) is 5.56 Å². The number of rotatable bonds is 9. The summed E-state index contributed by atoms with van der Waals surface area (Å²) in [6, 6.07) is 15.6. The highest BCUT2D eigenvalue weighted by Crippen LogP contribution is 2.21. The van der Waals surface area contributed by atoms with Crippen LogP contribution >= 0.6 is 0 Å². The van der Waals surface area contributed by atoms with Gasteiger partial charge in [0, 0.05) is 44.8 Å². The van der Waals surface area contributed by atoms with Gasteiger partial charge < -0.3 is 20.3 Å². The number of anilines is 1. The standard InChI is InChI=1S/C23H30N4O5S/c1-26-13-15-27(16-14-26)33(30,31)21-10-5-9-20(17-21)25-22(28)11-6-12-24-23(29)32-18-19-7-3-2-4-8-19/h2-5,7-10,17H,6,11-16,18H2,1H3,(H,24,29)(H,25,28). The lowest BCUT2D eigenvalue weighted by atomic mass is 10.2. The summed E-state index contributed by atoms with van der Waals surface area (Å²) in [5.41, 5.74) is 1.31. The summed E-state index contributed by atoms with van der Waals surface area (Å²) in [5.74, 6) is -0.261. The Kier molecular flexibility index (Phi) is 8.81. The van der Waals surface area contributed by atoms with E-state index < -0.39 is 16.1 Å². The molecule has 1 heterocycles. The zero-order chi connectivity index (χ0) is 23.7. The van der Waals surface area contributed by atoms with Gasteiger partial charge in [-0.05, 0) is 37.2 Å². The summed E-state index contributed by atoms with van der Waals surface area (Å²) in [5, 5.41) is 5.34. The van der Waals surface area contributed by atoms with Crippen molar-refractivity contribution in [1.82, 2.24) is 14.5 Å². The first-order chi connectivity index (χ1) is 15.8. The Labute approximate surface area is 194 Å². The predicted molar refractivity (Wildman–Crippen MR) is 125 cm³/mol. The third-order valence-electron chi connectivity index (χ3n) is 5.28. The average Bonchev–Trinajstić information content (AvgIpc) is 2.81. The molecule has 9 nitrogen and oxygen atoms in total. The SMILES string of the molecule is CN1CCN(S(=O)(=O)c2cccc(NC(=O)CCCNC(=O)OCc3ccccc3)c2)CC1. The van der Waals surface area contributed by atoms with Gasteiger partial charge in [0.05, 0.1) is 4.90 Å². The number of piperazine rings is 1. The topological polar surface area (TPSA) is 108 Å². The Hall–Kier alpha value is -2.95. The lowest BCUT2D eigenvalue weighted by Crippen LogP contribution is -2.47. The van der Waals surface area contributed by atoms with Crippen LogP contribution in [0.25, 0.3) is 0 Å². The Morgan fingerprint density at radius 2 is 1.73 bits per heavy atom. The van der Waals surface area contributed by atoms with E-state index in [1.807, 2.05) is 37.4 Å². The predicted octanol–water partition coefficient (Wildman–Crippen LogP) is 2.27. The molecule has 0 unspecified atom stereocenters. The van der Waals surface area contributed by atoms with Gasteiger partial charge in [-0.3, -0.25) is 4.79 Å². The summed E-state index contributed by atoms with van der Waals surface area (Å²) in [6.07, 6.45) is 0.0565. The molecule has 2 amide bonds. The molecule has 178 valence electrons. The first-order valence-electron chi connectivity index (χ1n) is 10.9. The summed E-state index contributed by atoms with van der Waals surface area (Å²) >= 11 is 0. The van der Waals surface area contributed by atoms with E-state index in [1.165, 1.54) is 16.4 Å². The zero-order valence-electron chi connectivity index (χ0n) is 18.7. The van der Waals surface area contributed by atoms with Gasteiger partial charge in [0.25, 0.3) is 0 Å². The molecule has 33 heavy (non-hydrogen) atoms. The smallest absolute Gasteiger partial charge is 0.407 e. The Balaban J connectivity index is 1.41. The van der Waals surface area contributed by atoms with E-state index in [-0.39, 0.29) is 23.8 Å². The molecule has 2 N–H and O–H groups in total. The maximum absolute atomic E-state index is 12.9. The molecule has 0 saturated carbocycles. The van der Waals surface area contributed by atoms with E-state index in [9.17, 15) is 18.0 Å². The molecule has 1 aliphatic heterocycles. The molecule has 3 rings (SSSR count). The van der Waals surface area contributed by atoms with Crippen LogP contribution in [0.5, 0.6) is 0 Å². The molecule has 0 spiro atoms. The molecule has 2 aromatic carbocycles. The number of nitrogens with one attached hydrogen (secondary N) is 2. The van der Waals surface area contributed by atoms with E-state index in [2.05, 4.69) is 15.5 Å². The van der Waals surface area contributed by atoms with Crippen molar-refractivity contribution in [2.24, 2.45) is 0 Å². The summed E-state index contributed by atoms with van der Waals surface area (Å²) in [4.78, 5) is 26.2. The van der Waals surface area contributed by atoms with Crippen molar-refractivity contribution in [3.8, 4) is 0 Å². The monoisotopic (exact) mass is 474 g/mol. The van der Waals surface area contributed by atoms with Gasteiger partial charge in [-0.15, -0.1) is 0 Å². The maximum Gasteiger partial charge on any atom is 0.407 e. The van der Waals surface area contributed by atoms with E-state index in [4.69, 9.17) is 4.74 Å². The first kappa shape index (κ1) is 24.7. The van der Waals surface area contributed by atoms with Gasteiger partial charge in [-0.2, -0.15) is 4.31 Å². The minimum absolute atomic E-state index is 0.160. The number of alkyl carbamates (subject to hydrolysis) is 1. The van der Waals surface area contributed by atoms with Crippen molar-refractivity contribution in [3.63, 3.8) is 0 Å². The van der Waals surface area contributed by atoms with Crippen molar-refractivity contribution in [2.45, 2.75) is 24.3 Å². The van der Waals surface area contributed by atoms with Crippen LogP contribution in [0.2, 0.25) is 0 Å². The Bertz CT molecular complexity index is 1040. The number of amides is 2. The molecule has 1 fully saturated rings. The highest BCUT2D eigenvalue weighted by atomic mass is 32.2. The molecule has 0 atom stereocenters. The van der Waals surface area contributed by atoms with Crippen LogP contribution in [0.3, 0.4) is 0 Å². The largest absolute Gasteiger partial charge is 0.445 e. The molecule has 0 radical (unpaired) electrons. The fourth-order valence-corrected chi connectivity index (χ4v) is 4.82. The second-order valence-corrected chi connectivity index (χ2v) is 9.81. The van der Waals surface area contributed by atoms with Gasteiger partial charge in [0.1, 0.15) is 6.61 Å². The number of carbonyl (C=O) groups is 2. The number of likely N-dealkylation sites (N-methyl/N-ethyl adjacent to an activating group) is 1. The minimum Gasteiger partial charge on any atom is -0.445 e. The second-order valence-electron chi connectivity index (χ2n) is 7.88. The minimum atomic E-state index is -3.61. The number of benzene rings is 2. The van der Waals surface area contributed by atoms with Crippen molar-refractivity contribution in [1.29, 1.82) is 0 Å². The van der Waals surface area contributed by atoms with Crippen molar-refractivity contribution < 1.29 is 22.7 Å². The van der Waals surface area contributed by atoms with Crippen LogP contribution in [0.4, 0.5) is 10.5 Å². The fraction of sp³-hybridized carbons (Fsp3) is 0.391. The molecule has 0 aromatic heterocycles.